The van der Waals surface area contributed by atoms with E-state index in [9.17, 15) is 9.59 Å². The van der Waals surface area contributed by atoms with Crippen LogP contribution in [0.3, 0.4) is 0 Å². The molecule has 2 heterocycles. The molecular formula is C10H16N2O3. The number of hydrogen-bond donors (Lipinski definition) is 1. The Bertz CT molecular complexity index is 280. The maximum Gasteiger partial charge on any atom is 0.324 e. The molecule has 1 N–H and O–H groups in total. The van der Waals surface area contributed by atoms with Crippen molar-refractivity contribution in [2.75, 3.05) is 13.2 Å². The molecule has 3 amide bonds. The van der Waals surface area contributed by atoms with E-state index in [0.717, 1.165) is 12.8 Å². The van der Waals surface area contributed by atoms with Crippen molar-refractivity contribution in [2.45, 2.75) is 38.3 Å². The van der Waals surface area contributed by atoms with Crippen LogP contribution >= 0.6 is 0 Å². The highest BCUT2D eigenvalue weighted by Gasteiger charge is 2.32. The summed E-state index contributed by atoms with van der Waals surface area (Å²) >= 11 is 0. The van der Waals surface area contributed by atoms with E-state index >= 15 is 0 Å². The van der Waals surface area contributed by atoms with E-state index < -0.39 is 0 Å². The molecule has 0 spiro atoms. The van der Waals surface area contributed by atoms with E-state index in [0.29, 0.717) is 19.6 Å². The summed E-state index contributed by atoms with van der Waals surface area (Å²) in [6, 6.07) is -0.0211. The Morgan fingerprint density at radius 3 is 2.93 bits per heavy atom. The Hall–Kier alpha value is -1.10. The van der Waals surface area contributed by atoms with Crippen molar-refractivity contribution in [1.29, 1.82) is 0 Å². The van der Waals surface area contributed by atoms with Crippen LogP contribution in [0.15, 0.2) is 0 Å². The van der Waals surface area contributed by atoms with Crippen LogP contribution in [-0.4, -0.2) is 42.1 Å². The second-order valence-corrected chi connectivity index (χ2v) is 4.16. The number of nitrogens with zero attached hydrogens (tertiary/aromatic N) is 1. The predicted octanol–water partition coefficient (Wildman–Crippen LogP) is 0.496. The highest BCUT2D eigenvalue weighted by atomic mass is 16.5. The Kier molecular flexibility index (Phi) is 2.90. The van der Waals surface area contributed by atoms with E-state index in [-0.39, 0.29) is 24.1 Å². The van der Waals surface area contributed by atoms with Gasteiger partial charge in [-0.2, -0.15) is 0 Å². The first-order chi connectivity index (χ1) is 7.16. The predicted molar refractivity (Wildman–Crippen MR) is 53.3 cm³/mol. The number of imide groups is 1. The number of carbonyl (C=O) groups is 2. The van der Waals surface area contributed by atoms with Crippen LogP contribution in [0.2, 0.25) is 0 Å². The first-order valence-electron chi connectivity index (χ1n) is 5.39. The monoisotopic (exact) mass is 212 g/mol. The third-order valence-electron chi connectivity index (χ3n) is 2.99. The molecular weight excluding hydrogens is 196 g/mol. The molecule has 0 aromatic carbocycles. The van der Waals surface area contributed by atoms with Crippen molar-refractivity contribution >= 4 is 11.9 Å². The van der Waals surface area contributed by atoms with Gasteiger partial charge in [-0.1, -0.05) is 0 Å². The lowest BCUT2D eigenvalue weighted by Gasteiger charge is -2.38. The van der Waals surface area contributed by atoms with Crippen LogP contribution in [0.4, 0.5) is 4.79 Å². The highest BCUT2D eigenvalue weighted by molar-refractivity contribution is 5.96. The average Bonchev–Trinajstić information content (AvgIpc) is 2.17. The van der Waals surface area contributed by atoms with Crippen LogP contribution in [0.25, 0.3) is 0 Å². The van der Waals surface area contributed by atoms with E-state index in [1.54, 1.807) is 4.90 Å². The molecule has 2 unspecified atom stereocenters. The minimum atomic E-state index is -0.245. The molecule has 5 nitrogen and oxygen atoms in total. The lowest BCUT2D eigenvalue weighted by molar-refractivity contribution is -0.122. The molecule has 2 aliphatic rings. The lowest BCUT2D eigenvalue weighted by atomic mass is 10.0. The molecule has 2 atom stereocenters. The number of carbonyl (C=O) groups excluding carboxylic acids is 2. The van der Waals surface area contributed by atoms with Gasteiger partial charge in [0, 0.05) is 25.6 Å². The number of nitrogens with one attached hydrogen (secondary N) is 1. The summed E-state index contributed by atoms with van der Waals surface area (Å²) in [5, 5.41) is 2.35. The molecule has 2 rings (SSSR count). The molecule has 15 heavy (non-hydrogen) atoms. The standard InChI is InChI=1S/C10H16N2O3/c1-7-6-8(3-5-15-7)12-4-2-9(13)11-10(12)14/h7-8H,2-6H2,1H3,(H,11,13,14). The maximum atomic E-state index is 11.6. The molecule has 2 fully saturated rings. The first kappa shape index (κ1) is 10.4. The summed E-state index contributed by atoms with van der Waals surface area (Å²) in [5.74, 6) is -0.170. The zero-order valence-electron chi connectivity index (χ0n) is 8.86. The maximum absolute atomic E-state index is 11.6. The van der Waals surface area contributed by atoms with Gasteiger partial charge in [-0.25, -0.2) is 4.79 Å². The van der Waals surface area contributed by atoms with E-state index in [1.807, 2.05) is 6.92 Å². The van der Waals surface area contributed by atoms with Crippen molar-refractivity contribution in [3.63, 3.8) is 0 Å². The second-order valence-electron chi connectivity index (χ2n) is 4.16. The van der Waals surface area contributed by atoms with Gasteiger partial charge in [0.05, 0.1) is 6.10 Å². The molecule has 84 valence electrons. The third-order valence-corrected chi connectivity index (χ3v) is 2.99. The number of hydrogen-bond acceptors (Lipinski definition) is 3. The zero-order valence-corrected chi connectivity index (χ0v) is 8.86. The summed E-state index contributed by atoms with van der Waals surface area (Å²) in [4.78, 5) is 24.3. The van der Waals surface area contributed by atoms with Crippen molar-refractivity contribution in [2.24, 2.45) is 0 Å². The third kappa shape index (κ3) is 2.28. The van der Waals surface area contributed by atoms with Crippen LogP contribution < -0.4 is 5.32 Å². The number of amides is 3. The van der Waals surface area contributed by atoms with Crippen molar-refractivity contribution in [3.8, 4) is 0 Å². The van der Waals surface area contributed by atoms with Gasteiger partial charge in [-0.15, -0.1) is 0 Å². The van der Waals surface area contributed by atoms with E-state index in [4.69, 9.17) is 4.74 Å². The van der Waals surface area contributed by atoms with Gasteiger partial charge in [0.25, 0.3) is 0 Å². The minimum Gasteiger partial charge on any atom is -0.378 e. The summed E-state index contributed by atoms with van der Waals surface area (Å²) in [6.45, 7) is 3.25. The van der Waals surface area contributed by atoms with Crippen molar-refractivity contribution in [3.05, 3.63) is 0 Å². The number of urea groups is 1. The molecule has 0 bridgehead atoms. The topological polar surface area (TPSA) is 58.6 Å². The number of ether oxygens (including phenoxy) is 1. The fourth-order valence-corrected chi connectivity index (χ4v) is 2.18. The van der Waals surface area contributed by atoms with Gasteiger partial charge in [0.1, 0.15) is 0 Å². The fraction of sp³-hybridized carbons (Fsp3) is 0.800. The Morgan fingerprint density at radius 1 is 1.47 bits per heavy atom. The fourth-order valence-electron chi connectivity index (χ4n) is 2.18. The quantitative estimate of drug-likeness (QED) is 0.688. The molecule has 0 aromatic rings. The SMILES string of the molecule is CC1CC(N2CCC(=O)NC2=O)CCO1. The Morgan fingerprint density at radius 2 is 2.27 bits per heavy atom. The summed E-state index contributed by atoms with van der Waals surface area (Å²) in [7, 11) is 0. The molecule has 0 radical (unpaired) electrons. The summed E-state index contributed by atoms with van der Waals surface area (Å²) < 4.78 is 5.43. The number of rotatable bonds is 1. The second kappa shape index (κ2) is 4.18. The van der Waals surface area contributed by atoms with Crippen molar-refractivity contribution in [1.82, 2.24) is 10.2 Å². The van der Waals surface area contributed by atoms with Crippen LogP contribution in [0, 0.1) is 0 Å². The smallest absolute Gasteiger partial charge is 0.324 e. The van der Waals surface area contributed by atoms with Crippen LogP contribution in [0.1, 0.15) is 26.2 Å². The summed E-state index contributed by atoms with van der Waals surface area (Å²) in [5.41, 5.74) is 0. The van der Waals surface area contributed by atoms with Gasteiger partial charge in [-0.05, 0) is 19.8 Å². The van der Waals surface area contributed by atoms with Gasteiger partial charge in [0.2, 0.25) is 5.91 Å². The molecule has 2 saturated heterocycles. The van der Waals surface area contributed by atoms with E-state index in [1.165, 1.54) is 0 Å². The highest BCUT2D eigenvalue weighted by Crippen LogP contribution is 2.20. The molecule has 2 aliphatic heterocycles. The minimum absolute atomic E-state index is 0.170. The Balaban J connectivity index is 1.97. The van der Waals surface area contributed by atoms with Gasteiger partial charge in [-0.3, -0.25) is 10.1 Å². The van der Waals surface area contributed by atoms with Crippen LogP contribution in [-0.2, 0) is 9.53 Å². The molecule has 0 aromatic heterocycles. The van der Waals surface area contributed by atoms with E-state index in [2.05, 4.69) is 5.32 Å². The Labute approximate surface area is 88.8 Å². The van der Waals surface area contributed by atoms with Gasteiger partial charge < -0.3 is 9.64 Å². The van der Waals surface area contributed by atoms with Crippen molar-refractivity contribution < 1.29 is 14.3 Å². The van der Waals surface area contributed by atoms with Gasteiger partial charge in [0.15, 0.2) is 0 Å². The molecule has 0 saturated carbocycles. The normalized spacial score (nSPS) is 32.7. The van der Waals surface area contributed by atoms with Gasteiger partial charge >= 0.3 is 6.03 Å². The molecule has 0 aliphatic carbocycles. The summed E-state index contributed by atoms with van der Waals surface area (Å²) in [6.07, 6.45) is 2.35. The first-order valence-corrected chi connectivity index (χ1v) is 5.39. The zero-order chi connectivity index (χ0) is 10.8. The van der Waals surface area contributed by atoms with Crippen LogP contribution in [0.5, 0.6) is 0 Å². The largest absolute Gasteiger partial charge is 0.378 e. The lowest BCUT2D eigenvalue weighted by Crippen LogP contribution is -2.55. The molecule has 5 heteroatoms. The average molecular weight is 212 g/mol.